The van der Waals surface area contributed by atoms with E-state index in [1.54, 1.807) is 55.7 Å². The fourth-order valence-corrected chi connectivity index (χ4v) is 11.9. The second kappa shape index (κ2) is 11.9. The van der Waals surface area contributed by atoms with Crippen molar-refractivity contribution >= 4 is 16.7 Å². The zero-order valence-corrected chi connectivity index (χ0v) is 34.8. The molecule has 0 N–H and O–H groups in total. The molecule has 7 aliphatic rings. The molecule has 0 bridgehead atoms. The molecule has 4 unspecified atom stereocenters. The minimum absolute atomic E-state index is 0.150. The third-order valence-corrected chi connectivity index (χ3v) is 14.9. The lowest BCUT2D eigenvalue weighted by molar-refractivity contribution is 0.510. The van der Waals surface area contributed by atoms with E-state index in [0.717, 1.165) is 25.7 Å². The predicted octanol–water partition coefficient (Wildman–Crippen LogP) is 15.2. The van der Waals surface area contributed by atoms with Gasteiger partial charge in [-0.2, -0.15) is 0 Å². The van der Waals surface area contributed by atoms with Crippen LogP contribution in [0.15, 0.2) is 119 Å². The molecule has 0 heterocycles. The normalized spacial score (nSPS) is 24.1. The molecule has 4 aromatic carbocycles. The largest absolute Gasteiger partial charge is 0.0799 e. The highest BCUT2D eigenvalue weighted by atomic mass is 14.5. The van der Waals surface area contributed by atoms with Crippen LogP contribution in [0.2, 0.25) is 0 Å². The standard InChI is InChI=1S/C56H56/c1-31-9-21-41-39-23-15-35(33-11-17-37(18-12-33)55(3,4)5)27-45(39)49-29-47-43(51(31)53(41)49)25-26-44-48(47)30-50-46-28-36(34-13-19-38(20-14-34)56(6,7)8)16-24-40(46)42-22-10-32(2)52(44)54(42)50/h11-13,15-24,27-29,31-32,34,50H,9-10,14,25-26,30H2,1-8H3. The average Bonchev–Trinajstić information content (AvgIpc) is 3.68. The number of benzene rings is 4. The van der Waals surface area contributed by atoms with Gasteiger partial charge in [-0.1, -0.05) is 140 Å². The lowest BCUT2D eigenvalue weighted by atomic mass is 9.65. The highest BCUT2D eigenvalue weighted by Crippen LogP contribution is 2.62. The van der Waals surface area contributed by atoms with Crippen molar-refractivity contribution in [3.05, 3.63) is 169 Å². The molecule has 0 aliphatic heterocycles. The highest BCUT2D eigenvalue weighted by molar-refractivity contribution is 6.06. The van der Waals surface area contributed by atoms with E-state index in [1.165, 1.54) is 68.5 Å². The Morgan fingerprint density at radius 2 is 1.32 bits per heavy atom. The zero-order valence-electron chi connectivity index (χ0n) is 34.8. The highest BCUT2D eigenvalue weighted by Gasteiger charge is 2.44. The van der Waals surface area contributed by atoms with Crippen molar-refractivity contribution in [3.63, 3.8) is 0 Å². The molecule has 56 heavy (non-hydrogen) atoms. The van der Waals surface area contributed by atoms with Crippen molar-refractivity contribution in [1.82, 2.24) is 0 Å². The summed E-state index contributed by atoms with van der Waals surface area (Å²) < 4.78 is 0. The summed E-state index contributed by atoms with van der Waals surface area (Å²) in [6.45, 7) is 18.9. The van der Waals surface area contributed by atoms with Gasteiger partial charge in [0.25, 0.3) is 0 Å². The van der Waals surface area contributed by atoms with E-state index in [-0.39, 0.29) is 10.8 Å². The van der Waals surface area contributed by atoms with Gasteiger partial charge in [-0.3, -0.25) is 0 Å². The smallest absolute Gasteiger partial charge is 0.0145 e. The molecule has 7 aliphatic carbocycles. The maximum atomic E-state index is 2.68. The first kappa shape index (κ1) is 34.6. The minimum Gasteiger partial charge on any atom is -0.0799 e. The average molecular weight is 729 g/mol. The molecule has 4 atom stereocenters. The van der Waals surface area contributed by atoms with Crippen molar-refractivity contribution in [3.8, 4) is 22.3 Å². The first-order valence-electron chi connectivity index (χ1n) is 21.7. The Labute approximate surface area is 335 Å². The molecular formula is C56H56. The number of fused-ring (bicyclic) bond motifs is 10. The van der Waals surface area contributed by atoms with Gasteiger partial charge in [-0.15, -0.1) is 0 Å². The monoisotopic (exact) mass is 728 g/mol. The summed E-state index contributed by atoms with van der Waals surface area (Å²) in [5, 5.41) is 0. The van der Waals surface area contributed by atoms with Crippen LogP contribution in [0.1, 0.15) is 155 Å². The van der Waals surface area contributed by atoms with Gasteiger partial charge in [-0.25, -0.2) is 0 Å². The molecule has 0 fully saturated rings. The molecule has 0 spiro atoms. The summed E-state index contributed by atoms with van der Waals surface area (Å²) in [5.74, 6) is 1.99. The van der Waals surface area contributed by atoms with Gasteiger partial charge in [0.1, 0.15) is 0 Å². The van der Waals surface area contributed by atoms with Crippen molar-refractivity contribution in [1.29, 1.82) is 0 Å². The minimum atomic E-state index is 0.150. The summed E-state index contributed by atoms with van der Waals surface area (Å²) in [6, 6.07) is 26.9. The van der Waals surface area contributed by atoms with Gasteiger partial charge >= 0.3 is 0 Å². The van der Waals surface area contributed by atoms with Crippen LogP contribution in [0.25, 0.3) is 39.0 Å². The quantitative estimate of drug-likeness (QED) is 0.170. The Balaban J connectivity index is 1.03. The predicted molar refractivity (Wildman–Crippen MR) is 238 cm³/mol. The lowest BCUT2D eigenvalue weighted by Crippen LogP contribution is -2.22. The first-order chi connectivity index (χ1) is 26.8. The van der Waals surface area contributed by atoms with Crippen LogP contribution in [0, 0.1) is 11.3 Å². The summed E-state index contributed by atoms with van der Waals surface area (Å²) in [4.78, 5) is 0. The van der Waals surface area contributed by atoms with Gasteiger partial charge in [0.05, 0.1) is 0 Å². The fraction of sp³-hybridized carbons (Fsp3) is 0.357. The van der Waals surface area contributed by atoms with Crippen molar-refractivity contribution in [2.24, 2.45) is 11.3 Å². The maximum absolute atomic E-state index is 2.68. The van der Waals surface area contributed by atoms with E-state index >= 15 is 0 Å². The third kappa shape index (κ3) is 4.96. The fourth-order valence-electron chi connectivity index (χ4n) is 11.9. The van der Waals surface area contributed by atoms with E-state index in [0.29, 0.717) is 23.7 Å². The molecule has 0 nitrogen and oxygen atoms in total. The number of rotatable bonds is 2. The van der Waals surface area contributed by atoms with Gasteiger partial charge in [0.2, 0.25) is 0 Å². The summed E-state index contributed by atoms with van der Waals surface area (Å²) in [5.41, 5.74) is 31.0. The molecule has 0 aromatic heterocycles. The molecule has 0 heteroatoms. The van der Waals surface area contributed by atoms with Crippen LogP contribution in [-0.2, 0) is 11.8 Å². The second-order valence-corrected chi connectivity index (χ2v) is 20.3. The van der Waals surface area contributed by atoms with Gasteiger partial charge < -0.3 is 0 Å². The van der Waals surface area contributed by atoms with E-state index in [2.05, 4.69) is 153 Å². The molecule has 0 amide bonds. The number of hydrogen-bond acceptors (Lipinski definition) is 0. The van der Waals surface area contributed by atoms with Crippen molar-refractivity contribution in [2.75, 3.05) is 0 Å². The molecule has 0 saturated heterocycles. The Hall–Kier alpha value is -4.68. The topological polar surface area (TPSA) is 0 Å². The Morgan fingerprint density at radius 1 is 0.571 bits per heavy atom. The van der Waals surface area contributed by atoms with Crippen LogP contribution in [0.4, 0.5) is 0 Å². The van der Waals surface area contributed by atoms with Crippen LogP contribution >= 0.6 is 0 Å². The van der Waals surface area contributed by atoms with Crippen molar-refractivity contribution in [2.45, 2.75) is 117 Å². The van der Waals surface area contributed by atoms with Crippen molar-refractivity contribution < 1.29 is 0 Å². The number of allylic oxidation sites excluding steroid dienone is 11. The molecule has 0 saturated carbocycles. The van der Waals surface area contributed by atoms with E-state index in [9.17, 15) is 0 Å². The first-order valence-corrected chi connectivity index (χ1v) is 21.7. The summed E-state index contributed by atoms with van der Waals surface area (Å²) in [7, 11) is 0. The molecule has 11 rings (SSSR count). The summed E-state index contributed by atoms with van der Waals surface area (Å²) >= 11 is 0. The van der Waals surface area contributed by atoms with Crippen LogP contribution in [0.5, 0.6) is 0 Å². The molecule has 0 radical (unpaired) electrons. The maximum Gasteiger partial charge on any atom is 0.0145 e. The van der Waals surface area contributed by atoms with Crippen LogP contribution in [-0.4, -0.2) is 0 Å². The van der Waals surface area contributed by atoms with E-state index in [4.69, 9.17) is 0 Å². The van der Waals surface area contributed by atoms with Gasteiger partial charge in [0.15, 0.2) is 0 Å². The molecule has 280 valence electrons. The Bertz CT molecular complexity index is 2600. The van der Waals surface area contributed by atoms with Crippen LogP contribution < -0.4 is 0 Å². The Morgan fingerprint density at radius 3 is 2.07 bits per heavy atom. The summed E-state index contributed by atoms with van der Waals surface area (Å²) in [6.07, 6.45) is 19.4. The lowest BCUT2D eigenvalue weighted by Gasteiger charge is -2.39. The van der Waals surface area contributed by atoms with E-state index in [1.807, 2.05) is 0 Å². The van der Waals surface area contributed by atoms with Crippen LogP contribution in [0.3, 0.4) is 0 Å². The SMILES string of the molecule is CC1CC=C2C3=C1C1=C(CC3c3cc(C4C=CC(C(C)(C)C)=CC4)ccc32)c2cc3c4c(c2CC1)C(C)CC=C4c1ccc(-c2ccc(C(C)(C)C)cc2)cc1-3. The van der Waals surface area contributed by atoms with Gasteiger partial charge in [-0.05, 0) is 185 Å². The van der Waals surface area contributed by atoms with Gasteiger partial charge in [0, 0.05) is 11.8 Å². The third-order valence-electron chi connectivity index (χ3n) is 14.9. The van der Waals surface area contributed by atoms with E-state index < -0.39 is 0 Å². The zero-order chi connectivity index (χ0) is 38.4. The Kier molecular flexibility index (Phi) is 7.36. The number of hydrogen-bond donors (Lipinski definition) is 0. The molecular weight excluding hydrogens is 673 g/mol. The molecule has 4 aromatic rings. The second-order valence-electron chi connectivity index (χ2n) is 20.3.